The van der Waals surface area contributed by atoms with Gasteiger partial charge >= 0.3 is 12.0 Å². The minimum atomic E-state index is -0.776. The molecule has 1 heterocycles. The first-order chi connectivity index (χ1) is 21.3. The van der Waals surface area contributed by atoms with E-state index in [1.165, 1.54) is 13.3 Å². The number of esters is 1. The quantitative estimate of drug-likeness (QED) is 0.151. The molecule has 3 aromatic rings. The smallest absolute Gasteiger partial charge is 0.338 e. The number of rotatable bonds is 13. The van der Waals surface area contributed by atoms with Gasteiger partial charge in [-0.1, -0.05) is 42.5 Å². The van der Waals surface area contributed by atoms with Gasteiger partial charge in [-0.2, -0.15) is 5.10 Å². The molecule has 230 valence electrons. The van der Waals surface area contributed by atoms with Crippen LogP contribution in [0.5, 0.6) is 23.0 Å². The van der Waals surface area contributed by atoms with E-state index in [0.717, 1.165) is 5.56 Å². The molecule has 0 saturated heterocycles. The lowest BCUT2D eigenvalue weighted by Crippen LogP contribution is -2.45. The Morgan fingerprint density at radius 2 is 1.73 bits per heavy atom. The molecule has 1 atom stereocenters. The fourth-order valence-electron chi connectivity index (χ4n) is 4.44. The Morgan fingerprint density at radius 3 is 2.45 bits per heavy atom. The van der Waals surface area contributed by atoms with Crippen LogP contribution in [0.25, 0.3) is 0 Å². The maximum Gasteiger partial charge on any atom is 0.338 e. The average Bonchev–Trinajstić information content (AvgIpc) is 3.03. The summed E-state index contributed by atoms with van der Waals surface area (Å²) >= 11 is 0. The van der Waals surface area contributed by atoms with Gasteiger partial charge in [0.05, 0.1) is 38.7 Å². The monoisotopic (exact) mass is 602 g/mol. The zero-order chi connectivity index (χ0) is 31.5. The summed E-state index contributed by atoms with van der Waals surface area (Å²) in [5.41, 5.74) is 5.24. The maximum absolute atomic E-state index is 12.6. The van der Waals surface area contributed by atoms with Gasteiger partial charge in [0.2, 0.25) is 0 Å². The van der Waals surface area contributed by atoms with E-state index in [9.17, 15) is 14.4 Å². The molecule has 0 fully saturated rings. The molecule has 0 unspecified atom stereocenters. The second kappa shape index (κ2) is 15.1. The van der Waals surface area contributed by atoms with Crippen LogP contribution in [0.15, 0.2) is 83.1 Å². The Hall–Kier alpha value is -5.52. The number of amides is 3. The number of para-hydroxylation sites is 1. The second-order valence-corrected chi connectivity index (χ2v) is 9.44. The molecule has 12 nitrogen and oxygen atoms in total. The molecule has 3 amide bonds. The number of ether oxygens (including phenoxy) is 5. The molecule has 3 N–H and O–H groups in total. The van der Waals surface area contributed by atoms with Crippen molar-refractivity contribution in [2.45, 2.75) is 26.5 Å². The maximum atomic E-state index is 12.6. The van der Waals surface area contributed by atoms with Crippen LogP contribution in [-0.2, 0) is 20.9 Å². The van der Waals surface area contributed by atoms with Crippen LogP contribution >= 0.6 is 0 Å². The third-order valence-corrected chi connectivity index (χ3v) is 6.49. The third kappa shape index (κ3) is 7.85. The summed E-state index contributed by atoms with van der Waals surface area (Å²) in [7, 11) is 2.99. The Labute approximate surface area is 255 Å². The summed E-state index contributed by atoms with van der Waals surface area (Å²) in [5.74, 6) is 0.513. The predicted molar refractivity (Wildman–Crippen MR) is 162 cm³/mol. The number of hydrogen-bond donors (Lipinski definition) is 3. The molecular formula is C32H34N4O8. The molecule has 0 aliphatic carbocycles. The number of benzene rings is 3. The number of nitrogens with one attached hydrogen (secondary N) is 3. The summed E-state index contributed by atoms with van der Waals surface area (Å²) in [5, 5.41) is 9.38. The molecule has 0 aromatic heterocycles. The zero-order valence-electron chi connectivity index (χ0n) is 24.8. The molecule has 12 heteroatoms. The zero-order valence-corrected chi connectivity index (χ0v) is 24.8. The number of hydrazone groups is 1. The number of carbonyl (C=O) groups is 3. The van der Waals surface area contributed by atoms with Crippen molar-refractivity contribution < 1.29 is 38.1 Å². The van der Waals surface area contributed by atoms with Crippen molar-refractivity contribution >= 4 is 24.1 Å². The molecule has 0 spiro atoms. The second-order valence-electron chi connectivity index (χ2n) is 9.44. The lowest BCUT2D eigenvalue weighted by Gasteiger charge is -2.28. The number of urea groups is 1. The highest BCUT2D eigenvalue weighted by molar-refractivity contribution is 5.95. The molecule has 1 aliphatic heterocycles. The van der Waals surface area contributed by atoms with E-state index in [1.807, 2.05) is 30.3 Å². The van der Waals surface area contributed by atoms with Gasteiger partial charge in [0.25, 0.3) is 5.91 Å². The Bertz CT molecular complexity index is 1560. The van der Waals surface area contributed by atoms with E-state index >= 15 is 0 Å². The van der Waals surface area contributed by atoms with Gasteiger partial charge in [0.1, 0.15) is 6.61 Å². The predicted octanol–water partition coefficient (Wildman–Crippen LogP) is 4.00. The molecule has 1 aliphatic rings. The van der Waals surface area contributed by atoms with Crippen LogP contribution < -0.4 is 35.0 Å². The van der Waals surface area contributed by atoms with Crippen LogP contribution in [0.1, 0.15) is 36.6 Å². The highest BCUT2D eigenvalue weighted by Gasteiger charge is 2.32. The molecule has 0 saturated carbocycles. The normalized spacial score (nSPS) is 14.4. The van der Waals surface area contributed by atoms with E-state index in [2.05, 4.69) is 21.2 Å². The number of nitrogens with zero attached hydrogens (tertiary/aromatic N) is 1. The van der Waals surface area contributed by atoms with Crippen molar-refractivity contribution in [1.29, 1.82) is 0 Å². The van der Waals surface area contributed by atoms with Gasteiger partial charge < -0.3 is 34.3 Å². The van der Waals surface area contributed by atoms with Gasteiger partial charge in [-0.25, -0.2) is 15.0 Å². The standard InChI is InChI=1S/C32H34N4O8/c1-5-42-31(38)28-20(2)34-32(39)35-29(28)22-14-15-24(26(16-22)41-4)43-19-27(37)36-33-17-23-12-9-13-25(40-3)30(23)44-18-21-10-7-6-8-11-21/h6-17,29H,5,18-19H2,1-4H3,(H,36,37)(H2,34,35,39)/b33-17+/t29-/m0/s1. The lowest BCUT2D eigenvalue weighted by atomic mass is 9.95. The van der Waals surface area contributed by atoms with E-state index < -0.39 is 23.9 Å². The van der Waals surface area contributed by atoms with Crippen molar-refractivity contribution in [1.82, 2.24) is 16.1 Å². The third-order valence-electron chi connectivity index (χ3n) is 6.49. The SMILES string of the molecule is CCOC(=O)C1=C(C)NC(=O)N[C@H]1c1ccc(OCC(=O)N/N=C/c2cccc(OC)c2OCc2ccccc2)c(OC)c1. The average molecular weight is 603 g/mol. The van der Waals surface area contributed by atoms with Crippen LogP contribution in [-0.4, -0.2) is 51.6 Å². The number of carbonyl (C=O) groups excluding carboxylic acids is 3. The Kier molecular flexibility index (Phi) is 10.8. The molecule has 4 rings (SSSR count). The Morgan fingerprint density at radius 1 is 0.955 bits per heavy atom. The summed E-state index contributed by atoms with van der Waals surface area (Å²) in [6.45, 7) is 3.47. The van der Waals surface area contributed by atoms with Crippen molar-refractivity contribution in [2.24, 2.45) is 5.10 Å². The number of hydrogen-bond acceptors (Lipinski definition) is 9. The Balaban J connectivity index is 1.40. The fourth-order valence-corrected chi connectivity index (χ4v) is 4.44. The first-order valence-corrected chi connectivity index (χ1v) is 13.8. The van der Waals surface area contributed by atoms with Crippen LogP contribution in [0.2, 0.25) is 0 Å². The minimum absolute atomic E-state index is 0.182. The van der Waals surface area contributed by atoms with E-state index in [-0.39, 0.29) is 24.5 Å². The summed E-state index contributed by atoms with van der Waals surface area (Å²) in [4.78, 5) is 37.3. The largest absolute Gasteiger partial charge is 0.493 e. The number of methoxy groups -OCH3 is 2. The van der Waals surface area contributed by atoms with Crippen LogP contribution in [0.4, 0.5) is 4.79 Å². The highest BCUT2D eigenvalue weighted by atomic mass is 16.5. The molecule has 44 heavy (non-hydrogen) atoms. The van der Waals surface area contributed by atoms with Gasteiger partial charge in [-0.3, -0.25) is 4.79 Å². The van der Waals surface area contributed by atoms with Crippen molar-refractivity contribution in [3.8, 4) is 23.0 Å². The van der Waals surface area contributed by atoms with Gasteiger partial charge in [0.15, 0.2) is 29.6 Å². The number of allylic oxidation sites excluding steroid dienone is 1. The topological polar surface area (TPSA) is 146 Å². The first-order valence-electron chi connectivity index (χ1n) is 13.8. The minimum Gasteiger partial charge on any atom is -0.493 e. The van der Waals surface area contributed by atoms with Crippen molar-refractivity contribution in [3.63, 3.8) is 0 Å². The molecular weight excluding hydrogens is 568 g/mol. The molecule has 0 bridgehead atoms. The van der Waals surface area contributed by atoms with Crippen LogP contribution in [0.3, 0.4) is 0 Å². The summed E-state index contributed by atoms with van der Waals surface area (Å²) < 4.78 is 27.8. The summed E-state index contributed by atoms with van der Waals surface area (Å²) in [6, 6.07) is 18.7. The van der Waals surface area contributed by atoms with Gasteiger partial charge in [0, 0.05) is 11.3 Å². The molecule has 0 radical (unpaired) electrons. The van der Waals surface area contributed by atoms with Crippen molar-refractivity contribution in [3.05, 3.63) is 94.7 Å². The first kappa shape index (κ1) is 31.4. The summed E-state index contributed by atoms with van der Waals surface area (Å²) in [6.07, 6.45) is 1.46. The fraction of sp³-hybridized carbons (Fsp3) is 0.250. The van der Waals surface area contributed by atoms with Crippen LogP contribution in [0, 0.1) is 0 Å². The van der Waals surface area contributed by atoms with E-state index in [0.29, 0.717) is 40.7 Å². The highest BCUT2D eigenvalue weighted by Crippen LogP contribution is 2.35. The van der Waals surface area contributed by atoms with Gasteiger partial charge in [-0.15, -0.1) is 0 Å². The lowest BCUT2D eigenvalue weighted by molar-refractivity contribution is -0.139. The van der Waals surface area contributed by atoms with E-state index in [4.69, 9.17) is 23.7 Å². The van der Waals surface area contributed by atoms with Gasteiger partial charge in [-0.05, 0) is 49.2 Å². The van der Waals surface area contributed by atoms with E-state index in [1.54, 1.807) is 57.4 Å². The van der Waals surface area contributed by atoms with Crippen molar-refractivity contribution in [2.75, 3.05) is 27.4 Å². The molecule has 3 aromatic carbocycles.